The van der Waals surface area contributed by atoms with Gasteiger partial charge in [0.05, 0.1) is 13.2 Å². The number of benzene rings is 3. The summed E-state index contributed by atoms with van der Waals surface area (Å²) in [7, 11) is 0. The monoisotopic (exact) mass is 658 g/mol. The van der Waals surface area contributed by atoms with Crippen molar-refractivity contribution in [3.05, 3.63) is 108 Å². The molecule has 48 heavy (non-hydrogen) atoms. The second kappa shape index (κ2) is 15.1. The van der Waals surface area contributed by atoms with Gasteiger partial charge in [0.15, 0.2) is 18.6 Å². The molecular weight excluding hydrogens is 620 g/mol. The normalized spacial score (nSPS) is 25.0. The maximum atomic E-state index is 13.1. The van der Waals surface area contributed by atoms with Gasteiger partial charge in [0.25, 0.3) is 0 Å². The van der Waals surface area contributed by atoms with Crippen molar-refractivity contribution in [3.8, 4) is 11.1 Å². The highest BCUT2D eigenvalue weighted by Gasteiger charge is 2.50. The molecule has 7 atom stereocenters. The second-order valence-electron chi connectivity index (χ2n) is 11.7. The van der Waals surface area contributed by atoms with Crippen LogP contribution >= 0.6 is 0 Å². The van der Waals surface area contributed by atoms with Crippen LogP contribution in [0.2, 0.25) is 0 Å². The highest BCUT2D eigenvalue weighted by molar-refractivity contribution is 5.82. The minimum absolute atomic E-state index is 0.0325. The lowest BCUT2D eigenvalue weighted by atomic mass is 9.95. The van der Waals surface area contributed by atoms with Crippen molar-refractivity contribution in [1.29, 1.82) is 0 Å². The highest BCUT2D eigenvalue weighted by atomic mass is 16.7. The summed E-state index contributed by atoms with van der Waals surface area (Å²) in [6.07, 6.45) is -4.30. The van der Waals surface area contributed by atoms with Crippen LogP contribution < -0.4 is 10.6 Å². The van der Waals surface area contributed by atoms with Crippen molar-refractivity contribution in [2.75, 3.05) is 26.4 Å². The van der Waals surface area contributed by atoms with Crippen LogP contribution in [0.25, 0.3) is 11.1 Å². The van der Waals surface area contributed by atoms with Gasteiger partial charge in [-0.1, -0.05) is 91.5 Å². The first-order valence-electron chi connectivity index (χ1n) is 15.8. The molecule has 2 unspecified atom stereocenters. The number of aliphatic hydroxyl groups excluding tert-OH is 1. The zero-order chi connectivity index (χ0) is 33.6. The van der Waals surface area contributed by atoms with Crippen LogP contribution in [0.5, 0.6) is 0 Å². The summed E-state index contributed by atoms with van der Waals surface area (Å²) in [5.41, 5.74) is 5.00. The number of alkyl carbamates (subject to hydrolysis) is 1. The fraction of sp³-hybridized carbons (Fsp3) is 0.361. The first kappa shape index (κ1) is 33.3. The average molecular weight is 659 g/mol. The van der Waals surface area contributed by atoms with Crippen molar-refractivity contribution in [2.24, 2.45) is 0 Å². The molecule has 12 nitrogen and oxygen atoms in total. The number of fused-ring (bicyclic) bond motifs is 4. The number of carbonyl (C=O) groups is 3. The quantitative estimate of drug-likeness (QED) is 0.207. The van der Waals surface area contributed by atoms with E-state index in [1.165, 1.54) is 13.0 Å². The minimum Gasteiger partial charge on any atom is -0.460 e. The first-order chi connectivity index (χ1) is 23.3. The van der Waals surface area contributed by atoms with E-state index in [0.717, 1.165) is 27.8 Å². The third-order valence-corrected chi connectivity index (χ3v) is 8.50. The second-order valence-corrected chi connectivity index (χ2v) is 11.7. The summed E-state index contributed by atoms with van der Waals surface area (Å²) in [6.45, 7) is 4.42. The summed E-state index contributed by atoms with van der Waals surface area (Å²) in [5, 5.41) is 16.5. The van der Waals surface area contributed by atoms with E-state index in [9.17, 15) is 19.5 Å². The Balaban J connectivity index is 1.11. The van der Waals surface area contributed by atoms with E-state index in [1.54, 1.807) is 0 Å². The molecule has 0 radical (unpaired) electrons. The van der Waals surface area contributed by atoms with Crippen molar-refractivity contribution in [1.82, 2.24) is 10.6 Å². The number of nitrogens with one attached hydrogen (secondary N) is 2. The molecule has 0 bridgehead atoms. The van der Waals surface area contributed by atoms with Crippen molar-refractivity contribution < 1.29 is 47.9 Å². The van der Waals surface area contributed by atoms with Crippen LogP contribution in [-0.4, -0.2) is 86.2 Å². The molecule has 0 aromatic heterocycles. The Kier molecular flexibility index (Phi) is 10.5. The van der Waals surface area contributed by atoms with Gasteiger partial charge < -0.3 is 44.2 Å². The molecule has 1 aliphatic carbocycles. The van der Waals surface area contributed by atoms with E-state index < -0.39 is 67.6 Å². The molecule has 2 saturated heterocycles. The maximum absolute atomic E-state index is 13.1. The largest absolute Gasteiger partial charge is 0.460 e. The van der Waals surface area contributed by atoms with Crippen LogP contribution in [0.3, 0.4) is 0 Å². The van der Waals surface area contributed by atoms with Gasteiger partial charge in [-0.05, 0) is 22.3 Å². The van der Waals surface area contributed by atoms with Gasteiger partial charge in [-0.15, -0.1) is 0 Å². The Hall–Kier alpha value is -4.59. The molecule has 3 aromatic carbocycles. The molecule has 252 valence electrons. The Morgan fingerprint density at radius 2 is 1.62 bits per heavy atom. The predicted octanol–water partition coefficient (Wildman–Crippen LogP) is 3.34. The van der Waals surface area contributed by atoms with Gasteiger partial charge in [0, 0.05) is 18.4 Å². The van der Waals surface area contributed by atoms with E-state index in [-0.39, 0.29) is 25.7 Å². The summed E-state index contributed by atoms with van der Waals surface area (Å²) < 4.78 is 34.8. The van der Waals surface area contributed by atoms with E-state index in [1.807, 2.05) is 78.9 Å². The average Bonchev–Trinajstić information content (AvgIpc) is 3.43. The first-order valence-corrected chi connectivity index (χ1v) is 15.8. The molecule has 3 aliphatic rings. The van der Waals surface area contributed by atoms with Crippen LogP contribution in [0.4, 0.5) is 4.79 Å². The molecular formula is C36H38N2O10. The number of rotatable bonds is 11. The zero-order valence-corrected chi connectivity index (χ0v) is 26.4. The number of carbonyl (C=O) groups excluding carboxylic acids is 3. The number of ether oxygens (including phenoxy) is 6. The lowest BCUT2D eigenvalue weighted by Gasteiger charge is -2.47. The van der Waals surface area contributed by atoms with Crippen LogP contribution in [-0.2, 0) is 38.0 Å². The van der Waals surface area contributed by atoms with Crippen LogP contribution in [0.1, 0.15) is 35.8 Å². The molecule has 0 saturated carbocycles. The molecule has 2 aliphatic heterocycles. The Morgan fingerprint density at radius 3 is 2.29 bits per heavy atom. The predicted molar refractivity (Wildman–Crippen MR) is 171 cm³/mol. The molecule has 0 spiro atoms. The van der Waals surface area contributed by atoms with Gasteiger partial charge in [-0.2, -0.15) is 0 Å². The highest BCUT2D eigenvalue weighted by Crippen LogP contribution is 2.44. The molecule has 2 heterocycles. The van der Waals surface area contributed by atoms with Gasteiger partial charge in [-0.25, -0.2) is 9.59 Å². The number of hydrogen-bond donors (Lipinski definition) is 3. The van der Waals surface area contributed by atoms with Crippen LogP contribution in [0, 0.1) is 0 Å². The fourth-order valence-corrected chi connectivity index (χ4v) is 6.29. The van der Waals surface area contributed by atoms with Gasteiger partial charge in [0.1, 0.15) is 37.6 Å². The minimum atomic E-state index is -1.32. The van der Waals surface area contributed by atoms with Gasteiger partial charge >= 0.3 is 12.1 Å². The van der Waals surface area contributed by atoms with E-state index in [4.69, 9.17) is 28.4 Å². The summed E-state index contributed by atoms with van der Waals surface area (Å²) in [4.78, 5) is 38.2. The number of amides is 2. The number of hydrogen-bond acceptors (Lipinski definition) is 10. The van der Waals surface area contributed by atoms with E-state index in [0.29, 0.717) is 0 Å². The Labute approximate surface area is 277 Å². The summed E-state index contributed by atoms with van der Waals surface area (Å²) in [6, 6.07) is 22.7. The third-order valence-electron chi connectivity index (χ3n) is 8.50. The fourth-order valence-electron chi connectivity index (χ4n) is 6.29. The van der Waals surface area contributed by atoms with Crippen molar-refractivity contribution in [2.45, 2.75) is 55.8 Å². The zero-order valence-electron chi connectivity index (χ0n) is 26.4. The number of esters is 1. The van der Waals surface area contributed by atoms with Crippen molar-refractivity contribution in [3.63, 3.8) is 0 Å². The Bertz CT molecular complexity index is 1570. The lowest BCUT2D eigenvalue weighted by Crippen LogP contribution is -2.67. The van der Waals surface area contributed by atoms with Crippen molar-refractivity contribution >= 4 is 18.0 Å². The molecule has 3 N–H and O–H groups in total. The Morgan fingerprint density at radius 1 is 0.958 bits per heavy atom. The maximum Gasteiger partial charge on any atom is 0.407 e. The van der Waals surface area contributed by atoms with E-state index >= 15 is 0 Å². The summed E-state index contributed by atoms with van der Waals surface area (Å²) in [5.74, 6) is -1.43. The topological polar surface area (TPSA) is 151 Å². The van der Waals surface area contributed by atoms with Crippen LogP contribution in [0.15, 0.2) is 91.5 Å². The van der Waals surface area contributed by atoms with E-state index in [2.05, 4.69) is 17.2 Å². The lowest BCUT2D eigenvalue weighted by molar-refractivity contribution is -0.344. The van der Waals surface area contributed by atoms with Gasteiger partial charge in [0.2, 0.25) is 5.91 Å². The molecule has 6 rings (SSSR count). The molecule has 2 fully saturated rings. The SMILES string of the molecule is C=CCOC(=O)[C@@H](CO[C@@H]1OC2COC(c3ccccc3)O[C@H]2[C@H](O)[C@@H]1NC(C)=O)NC(=O)OCC1c2ccccc2-c2ccccc21. The standard InChI is InChI=1S/C36H38N2O10/c1-3-17-43-33(41)28(38-36(42)46-18-27-25-15-9-7-13-23(25)24-14-8-10-16-26(24)27)19-44-35-30(37-21(2)39)31(40)32-29(47-35)20-45-34(48-32)22-11-5-4-6-12-22/h3-16,27-32,34-35,40H,1,17-20H2,2H3,(H,37,39)(H,38,42)/t28-,29?,30+,31-,32-,34?,35-/m1/s1. The third kappa shape index (κ3) is 7.28. The molecule has 3 aromatic rings. The molecule has 12 heteroatoms. The summed E-state index contributed by atoms with van der Waals surface area (Å²) >= 11 is 0. The van der Waals surface area contributed by atoms with Gasteiger partial charge in [-0.3, -0.25) is 4.79 Å². The molecule has 2 amide bonds. The number of aliphatic hydroxyl groups is 1. The smallest absolute Gasteiger partial charge is 0.407 e.